The number of carbonyl (C=O) groups excluding carboxylic acids is 1. The summed E-state index contributed by atoms with van der Waals surface area (Å²) >= 11 is 5.06. The number of nitrogens with zero attached hydrogens (tertiary/aromatic N) is 6. The number of anilines is 2. The number of hydrogen-bond donors (Lipinski definition) is 4. The van der Waals surface area contributed by atoms with E-state index in [0.29, 0.717) is 29.7 Å². The minimum absolute atomic E-state index is 0.0299. The van der Waals surface area contributed by atoms with E-state index in [2.05, 4.69) is 46.5 Å². The molecule has 0 radical (unpaired) electrons. The number of rotatable bonds is 3. The third-order valence-corrected chi connectivity index (χ3v) is 6.61. The Bertz CT molecular complexity index is 1380. The van der Waals surface area contributed by atoms with Crippen molar-refractivity contribution in [1.29, 1.82) is 0 Å². The number of terminal acetylenes is 1. The van der Waals surface area contributed by atoms with E-state index >= 15 is 0 Å². The molecule has 2 aromatic rings. The van der Waals surface area contributed by atoms with Gasteiger partial charge in [0.2, 0.25) is 11.9 Å². The Morgan fingerprint density at radius 3 is 2.94 bits per heavy atom. The highest BCUT2D eigenvalue weighted by molar-refractivity contribution is 7.80. The minimum atomic E-state index is -0.570. The van der Waals surface area contributed by atoms with Gasteiger partial charge in [-0.05, 0) is 31.5 Å². The molecule has 0 saturated heterocycles. The summed E-state index contributed by atoms with van der Waals surface area (Å²) in [6, 6.07) is 8.01. The molecule has 0 bridgehead atoms. The second kappa shape index (κ2) is 9.01. The van der Waals surface area contributed by atoms with Crippen LogP contribution in [0.5, 0.6) is 0 Å². The van der Waals surface area contributed by atoms with Crippen molar-refractivity contribution < 1.29 is 4.79 Å². The van der Waals surface area contributed by atoms with Gasteiger partial charge in [-0.25, -0.2) is 9.98 Å². The molecule has 12 heteroatoms. The highest BCUT2D eigenvalue weighted by Crippen LogP contribution is 2.38. The molecule has 184 valence electrons. The summed E-state index contributed by atoms with van der Waals surface area (Å²) in [6.45, 7) is 6.43. The molecule has 0 atom stereocenters. The predicted octanol–water partition coefficient (Wildman–Crippen LogP) is 1.31. The lowest BCUT2D eigenvalue weighted by Crippen LogP contribution is -2.50. The average molecular weight is 503 g/mol. The topological polar surface area (TPSA) is 128 Å². The van der Waals surface area contributed by atoms with Gasteiger partial charge >= 0.3 is 0 Å². The lowest BCUT2D eigenvalue weighted by atomic mass is 9.86. The molecule has 0 saturated carbocycles. The summed E-state index contributed by atoms with van der Waals surface area (Å²) in [6.07, 6.45) is 10.9. The van der Waals surface area contributed by atoms with E-state index in [1.54, 1.807) is 12.4 Å². The fourth-order valence-electron chi connectivity index (χ4n) is 4.38. The number of nitrogens with two attached hydrogens (primary N) is 1. The van der Waals surface area contributed by atoms with Crippen molar-refractivity contribution in [2.24, 2.45) is 15.7 Å². The van der Waals surface area contributed by atoms with Gasteiger partial charge < -0.3 is 25.8 Å². The van der Waals surface area contributed by atoms with Crippen LogP contribution >= 0.6 is 12.2 Å². The number of amides is 1. The van der Waals surface area contributed by atoms with Crippen molar-refractivity contribution in [3.63, 3.8) is 0 Å². The molecule has 11 nitrogen and oxygen atoms in total. The first-order valence-corrected chi connectivity index (χ1v) is 11.8. The monoisotopic (exact) mass is 502 g/mol. The van der Waals surface area contributed by atoms with Crippen LogP contribution in [0.15, 0.2) is 46.8 Å². The smallest absolute Gasteiger partial charge is 0.234 e. The van der Waals surface area contributed by atoms with Crippen molar-refractivity contribution in [3.8, 4) is 12.5 Å². The lowest BCUT2D eigenvalue weighted by Gasteiger charge is -2.34. The van der Waals surface area contributed by atoms with Crippen LogP contribution in [0.3, 0.4) is 0 Å². The van der Waals surface area contributed by atoms with Gasteiger partial charge in [0, 0.05) is 49.1 Å². The summed E-state index contributed by atoms with van der Waals surface area (Å²) in [4.78, 5) is 28.0. The molecule has 0 aliphatic carbocycles. The largest absolute Gasteiger partial charge is 0.388 e. The number of benzene rings is 1. The van der Waals surface area contributed by atoms with E-state index in [4.69, 9.17) is 24.4 Å². The maximum absolute atomic E-state index is 12.3. The number of amidine groups is 1. The van der Waals surface area contributed by atoms with Gasteiger partial charge in [-0.3, -0.25) is 15.2 Å². The van der Waals surface area contributed by atoms with E-state index in [9.17, 15) is 4.79 Å². The number of guanidine groups is 1. The highest BCUT2D eigenvalue weighted by atomic mass is 32.1. The van der Waals surface area contributed by atoms with Gasteiger partial charge in [0.15, 0.2) is 0 Å². The van der Waals surface area contributed by atoms with E-state index in [1.807, 2.05) is 43.3 Å². The van der Waals surface area contributed by atoms with Crippen molar-refractivity contribution in [1.82, 2.24) is 24.9 Å². The quantitative estimate of drug-likeness (QED) is 0.214. The van der Waals surface area contributed by atoms with Gasteiger partial charge in [0.25, 0.3) is 0 Å². The van der Waals surface area contributed by atoms with Gasteiger partial charge in [-0.2, -0.15) is 4.99 Å². The molecule has 0 fully saturated rings. The van der Waals surface area contributed by atoms with E-state index < -0.39 is 5.41 Å². The van der Waals surface area contributed by atoms with Crippen molar-refractivity contribution in [2.75, 3.05) is 23.7 Å². The molecule has 1 amide bonds. The highest BCUT2D eigenvalue weighted by Gasteiger charge is 2.38. The number of aromatic nitrogens is 2. The lowest BCUT2D eigenvalue weighted by molar-refractivity contribution is -0.119. The Morgan fingerprint density at radius 1 is 1.33 bits per heavy atom. The normalized spacial score (nSPS) is 18.1. The molecule has 3 aliphatic rings. The average Bonchev–Trinajstić information content (AvgIpc) is 3.37. The number of nitrogens with one attached hydrogen (secondary N) is 3. The Labute approximate surface area is 214 Å². The maximum atomic E-state index is 12.3. The second-order valence-electron chi connectivity index (χ2n) is 9.16. The standard InChI is InChI=1S/C24H26N10OS/c1-4-26-23(28-15-5-6-16-17(11-15)30-22(35)24(16,2)3)31-34-8-7-27-19(14-34)33-10-9-32-12-18(21(25)36)29-20(32)13-33/h1,5-8,11-12H,9-10,13-14H2,2-3H3,(H2,25,36)(H,30,35)(H2,26,28,31). The van der Waals surface area contributed by atoms with Crippen LogP contribution in [0.25, 0.3) is 0 Å². The zero-order chi connectivity index (χ0) is 25.4. The molecule has 1 aromatic carbocycles. The van der Waals surface area contributed by atoms with E-state index in [-0.39, 0.29) is 5.91 Å². The van der Waals surface area contributed by atoms with Crippen molar-refractivity contribution >= 4 is 46.3 Å². The Morgan fingerprint density at radius 2 is 2.17 bits per heavy atom. The van der Waals surface area contributed by atoms with Crippen LogP contribution in [0.4, 0.5) is 11.4 Å². The Balaban J connectivity index is 1.25. The predicted molar refractivity (Wildman–Crippen MR) is 143 cm³/mol. The number of aliphatic imine (C=N–C) groups is 2. The zero-order valence-electron chi connectivity index (χ0n) is 19.9. The maximum Gasteiger partial charge on any atom is 0.234 e. The fourth-order valence-corrected chi connectivity index (χ4v) is 4.48. The molecule has 5 rings (SSSR count). The molecular weight excluding hydrogens is 476 g/mol. The van der Waals surface area contributed by atoms with Crippen LogP contribution in [-0.2, 0) is 23.3 Å². The summed E-state index contributed by atoms with van der Waals surface area (Å²) in [7, 11) is 0. The van der Waals surface area contributed by atoms with Crippen molar-refractivity contribution in [2.45, 2.75) is 32.4 Å². The van der Waals surface area contributed by atoms with Crippen LogP contribution in [0, 0.1) is 12.5 Å². The Kier molecular flexibility index (Phi) is 5.85. The van der Waals surface area contributed by atoms with Crippen LogP contribution in [-0.4, -0.2) is 55.2 Å². The van der Waals surface area contributed by atoms with Crippen LogP contribution in [0.1, 0.15) is 30.9 Å². The first-order chi connectivity index (χ1) is 17.2. The molecule has 0 spiro atoms. The molecule has 4 heterocycles. The first kappa shape index (κ1) is 23.4. The minimum Gasteiger partial charge on any atom is -0.388 e. The zero-order valence-corrected chi connectivity index (χ0v) is 20.8. The SMILES string of the molecule is C#CN=C(Nc1ccc2c(c1)NC(=O)C2(C)C)NN1C=CN=C(N2CCn3cc(C(N)=S)nc3C2)C1. The second-order valence-corrected chi connectivity index (χ2v) is 9.60. The van der Waals surface area contributed by atoms with Crippen molar-refractivity contribution in [3.05, 3.63) is 53.9 Å². The molecule has 0 unspecified atom stereocenters. The third-order valence-electron chi connectivity index (χ3n) is 6.40. The van der Waals surface area contributed by atoms with Crippen LogP contribution in [0.2, 0.25) is 0 Å². The Hall–Kier alpha value is -4.37. The summed E-state index contributed by atoms with van der Waals surface area (Å²) in [5, 5.41) is 7.97. The van der Waals surface area contributed by atoms with Crippen LogP contribution < -0.4 is 21.8 Å². The van der Waals surface area contributed by atoms with E-state index in [1.165, 1.54) is 0 Å². The van der Waals surface area contributed by atoms with Gasteiger partial charge in [0.05, 0.1) is 18.5 Å². The van der Waals surface area contributed by atoms with Gasteiger partial charge in [-0.1, -0.05) is 24.7 Å². The number of thiocarbonyl (C=S) groups is 1. The number of hydrazine groups is 1. The summed E-state index contributed by atoms with van der Waals surface area (Å²) < 4.78 is 2.07. The molecule has 1 aromatic heterocycles. The number of carbonyl (C=O) groups is 1. The summed E-state index contributed by atoms with van der Waals surface area (Å²) in [5.41, 5.74) is 11.4. The molecule has 3 aliphatic heterocycles. The molecule has 5 N–H and O–H groups in total. The fraction of sp³-hybridized carbons (Fsp3) is 0.292. The van der Waals surface area contributed by atoms with Gasteiger partial charge in [0.1, 0.15) is 22.3 Å². The number of fused-ring (bicyclic) bond motifs is 2. The molecular formula is C24H26N10OS. The molecule has 36 heavy (non-hydrogen) atoms. The summed E-state index contributed by atoms with van der Waals surface area (Å²) in [5.74, 6) is 2.10. The van der Waals surface area contributed by atoms with E-state index in [0.717, 1.165) is 41.7 Å². The number of hydrogen-bond acceptors (Lipinski definition) is 7. The third kappa shape index (κ3) is 4.36. The first-order valence-electron chi connectivity index (χ1n) is 11.4. The number of imidazole rings is 1. The van der Waals surface area contributed by atoms with Gasteiger partial charge in [-0.15, -0.1) is 0 Å².